The predicted octanol–water partition coefficient (Wildman–Crippen LogP) is 5.33. The maximum absolute atomic E-state index is 12.4. The van der Waals surface area contributed by atoms with Gasteiger partial charge in [0.15, 0.2) is 5.82 Å². The highest BCUT2D eigenvalue weighted by Crippen LogP contribution is 2.30. The zero-order chi connectivity index (χ0) is 21.9. The lowest BCUT2D eigenvalue weighted by atomic mass is 10.1. The van der Waals surface area contributed by atoms with Gasteiger partial charge in [0.25, 0.3) is 0 Å². The Morgan fingerprint density at radius 3 is 2.75 bits per heavy atom. The highest BCUT2D eigenvalue weighted by molar-refractivity contribution is 9.10. The van der Waals surface area contributed by atoms with E-state index in [4.69, 9.17) is 14.4 Å². The number of nitrogens with one attached hydrogen (secondary N) is 1. The van der Waals surface area contributed by atoms with Crippen LogP contribution in [-0.2, 0) is 11.3 Å². The molecule has 0 bridgehead atoms. The van der Waals surface area contributed by atoms with Crippen LogP contribution in [0.2, 0.25) is 0 Å². The van der Waals surface area contributed by atoms with Crippen LogP contribution in [0.1, 0.15) is 25.0 Å². The molecule has 162 valence electrons. The molecule has 0 radical (unpaired) electrons. The number of halogens is 1. The van der Waals surface area contributed by atoms with Gasteiger partial charge in [0.1, 0.15) is 11.6 Å². The van der Waals surface area contributed by atoms with E-state index >= 15 is 0 Å². The van der Waals surface area contributed by atoms with Gasteiger partial charge in [0.2, 0.25) is 5.91 Å². The highest BCUT2D eigenvalue weighted by atomic mass is 79.9. The van der Waals surface area contributed by atoms with Crippen molar-refractivity contribution in [2.24, 2.45) is 0 Å². The molecule has 7 heteroatoms. The number of carbonyl (C=O) groups excluding carboxylic acids is 1. The summed E-state index contributed by atoms with van der Waals surface area (Å²) >= 11 is 3.54. The molecule has 1 saturated carbocycles. The molecule has 1 fully saturated rings. The average molecular weight is 491 g/mol. The molecule has 5 rings (SSSR count). The van der Waals surface area contributed by atoms with Crippen molar-refractivity contribution in [1.29, 1.82) is 0 Å². The third kappa shape index (κ3) is 4.83. The molecule has 6 nitrogen and oxygen atoms in total. The summed E-state index contributed by atoms with van der Waals surface area (Å²) in [6.07, 6.45) is 4.21. The van der Waals surface area contributed by atoms with Crippen LogP contribution in [0.4, 0.5) is 5.82 Å². The van der Waals surface area contributed by atoms with Gasteiger partial charge < -0.3 is 14.6 Å². The number of carbonyl (C=O) groups is 1. The number of amides is 1. The Morgan fingerprint density at radius 1 is 1.09 bits per heavy atom. The molecule has 0 unspecified atom stereocenters. The first-order valence-corrected chi connectivity index (χ1v) is 11.5. The van der Waals surface area contributed by atoms with E-state index in [0.29, 0.717) is 31.4 Å². The van der Waals surface area contributed by atoms with Gasteiger partial charge in [0.05, 0.1) is 18.3 Å². The average Bonchev–Trinajstić information content (AvgIpc) is 3.46. The molecule has 2 aromatic carbocycles. The Balaban J connectivity index is 1.54. The standard InChI is InChI=1S/C25H23BrN4O2/c26-18-6-3-5-17(15-18)24-28-22-9-2-1-8-21(22)25(29-24)30(16-20-7-4-14-32-20)13-12-23(31)27-19-10-11-19/h1-9,14-15,19H,10-13,16H2,(H,27,31). The topological polar surface area (TPSA) is 71.3 Å². The predicted molar refractivity (Wildman–Crippen MR) is 128 cm³/mol. The summed E-state index contributed by atoms with van der Waals surface area (Å²) in [4.78, 5) is 24.3. The monoisotopic (exact) mass is 490 g/mol. The largest absolute Gasteiger partial charge is 0.467 e. The van der Waals surface area contributed by atoms with Crippen molar-refractivity contribution in [3.63, 3.8) is 0 Å². The van der Waals surface area contributed by atoms with E-state index in [9.17, 15) is 4.79 Å². The third-order valence-electron chi connectivity index (χ3n) is 5.44. The fourth-order valence-corrected chi connectivity index (χ4v) is 4.07. The van der Waals surface area contributed by atoms with Crippen LogP contribution in [0.25, 0.3) is 22.3 Å². The molecule has 0 aliphatic heterocycles. The number of para-hydroxylation sites is 1. The lowest BCUT2D eigenvalue weighted by molar-refractivity contribution is -0.121. The summed E-state index contributed by atoms with van der Waals surface area (Å²) in [6, 6.07) is 20.1. The second-order valence-corrected chi connectivity index (χ2v) is 8.91. The fraction of sp³-hybridized carbons (Fsp3) is 0.240. The van der Waals surface area contributed by atoms with Gasteiger partial charge >= 0.3 is 0 Å². The zero-order valence-corrected chi connectivity index (χ0v) is 19.1. The van der Waals surface area contributed by atoms with Gasteiger partial charge in [-0.25, -0.2) is 9.97 Å². The van der Waals surface area contributed by atoms with Crippen LogP contribution in [-0.4, -0.2) is 28.5 Å². The summed E-state index contributed by atoms with van der Waals surface area (Å²) in [6.45, 7) is 1.04. The van der Waals surface area contributed by atoms with E-state index in [0.717, 1.165) is 45.4 Å². The first-order chi connectivity index (χ1) is 15.7. The van der Waals surface area contributed by atoms with Crippen molar-refractivity contribution >= 4 is 38.6 Å². The summed E-state index contributed by atoms with van der Waals surface area (Å²) < 4.78 is 6.59. The SMILES string of the molecule is O=C(CCN(Cc1ccco1)c1nc(-c2cccc(Br)c2)nc2ccccc12)NC1CC1. The molecule has 1 amide bonds. The number of anilines is 1. The number of fused-ring (bicyclic) bond motifs is 1. The summed E-state index contributed by atoms with van der Waals surface area (Å²) in [5.41, 5.74) is 1.79. The number of hydrogen-bond acceptors (Lipinski definition) is 5. The maximum atomic E-state index is 12.4. The third-order valence-corrected chi connectivity index (χ3v) is 5.94. The summed E-state index contributed by atoms with van der Waals surface area (Å²) in [5.74, 6) is 2.33. The molecule has 1 aliphatic rings. The normalized spacial score (nSPS) is 13.3. The van der Waals surface area contributed by atoms with Crippen molar-refractivity contribution < 1.29 is 9.21 Å². The van der Waals surface area contributed by atoms with Crippen LogP contribution in [0.3, 0.4) is 0 Å². The minimum Gasteiger partial charge on any atom is -0.467 e. The first-order valence-electron chi connectivity index (χ1n) is 10.7. The number of hydrogen-bond donors (Lipinski definition) is 1. The van der Waals surface area contributed by atoms with Gasteiger partial charge in [-0.1, -0.05) is 40.2 Å². The molecular formula is C25H23BrN4O2. The molecule has 0 spiro atoms. The Hall–Kier alpha value is -3.19. The van der Waals surface area contributed by atoms with Crippen molar-refractivity contribution in [3.8, 4) is 11.4 Å². The van der Waals surface area contributed by atoms with E-state index in [2.05, 4.69) is 26.1 Å². The zero-order valence-electron chi connectivity index (χ0n) is 17.5. The molecule has 0 atom stereocenters. The van der Waals surface area contributed by atoms with Gasteiger partial charge in [0, 0.05) is 34.4 Å². The molecule has 1 aliphatic carbocycles. The molecular weight excluding hydrogens is 468 g/mol. The van der Waals surface area contributed by atoms with Crippen molar-refractivity contribution in [2.45, 2.75) is 31.8 Å². The molecule has 2 aromatic heterocycles. The van der Waals surface area contributed by atoms with Gasteiger partial charge in [-0.15, -0.1) is 0 Å². The van der Waals surface area contributed by atoms with E-state index in [1.165, 1.54) is 0 Å². The van der Waals surface area contributed by atoms with E-state index in [-0.39, 0.29) is 5.91 Å². The van der Waals surface area contributed by atoms with Crippen molar-refractivity contribution in [3.05, 3.63) is 77.2 Å². The van der Waals surface area contributed by atoms with Gasteiger partial charge in [-0.05, 0) is 49.2 Å². The number of rotatable bonds is 8. The van der Waals surface area contributed by atoms with Crippen LogP contribution < -0.4 is 10.2 Å². The lowest BCUT2D eigenvalue weighted by Crippen LogP contribution is -2.32. The second-order valence-electron chi connectivity index (χ2n) is 7.99. The van der Waals surface area contributed by atoms with Gasteiger partial charge in [-0.2, -0.15) is 0 Å². The van der Waals surface area contributed by atoms with Gasteiger partial charge in [-0.3, -0.25) is 4.79 Å². The molecule has 32 heavy (non-hydrogen) atoms. The smallest absolute Gasteiger partial charge is 0.221 e. The van der Waals surface area contributed by atoms with Crippen molar-refractivity contribution in [2.75, 3.05) is 11.4 Å². The number of benzene rings is 2. The number of nitrogens with zero attached hydrogens (tertiary/aromatic N) is 3. The minimum absolute atomic E-state index is 0.0718. The first kappa shape index (κ1) is 20.7. The Labute approximate surface area is 194 Å². The highest BCUT2D eigenvalue weighted by Gasteiger charge is 2.24. The van der Waals surface area contributed by atoms with Crippen LogP contribution >= 0.6 is 15.9 Å². The number of aromatic nitrogens is 2. The van der Waals surface area contributed by atoms with E-state index < -0.39 is 0 Å². The van der Waals surface area contributed by atoms with E-state index in [1.807, 2.05) is 60.7 Å². The summed E-state index contributed by atoms with van der Waals surface area (Å²) in [7, 11) is 0. The molecule has 1 N–H and O–H groups in total. The van der Waals surface area contributed by atoms with E-state index in [1.54, 1.807) is 6.26 Å². The Kier molecular flexibility index (Phi) is 5.90. The Morgan fingerprint density at radius 2 is 1.97 bits per heavy atom. The van der Waals surface area contributed by atoms with Crippen LogP contribution in [0.5, 0.6) is 0 Å². The Bertz CT molecular complexity index is 1240. The molecule has 0 saturated heterocycles. The van der Waals surface area contributed by atoms with Crippen LogP contribution in [0, 0.1) is 0 Å². The fourth-order valence-electron chi connectivity index (χ4n) is 3.67. The summed E-state index contributed by atoms with van der Waals surface area (Å²) in [5, 5.41) is 4.02. The molecule has 4 aromatic rings. The quantitative estimate of drug-likeness (QED) is 0.361. The minimum atomic E-state index is 0.0718. The molecule has 2 heterocycles. The van der Waals surface area contributed by atoms with Crippen LogP contribution in [0.15, 0.2) is 75.8 Å². The second kappa shape index (κ2) is 9.12. The van der Waals surface area contributed by atoms with Crippen molar-refractivity contribution in [1.82, 2.24) is 15.3 Å². The number of furan rings is 1. The maximum Gasteiger partial charge on any atom is 0.221 e. The lowest BCUT2D eigenvalue weighted by Gasteiger charge is -2.24.